The molecular formula is C14H13N3. The SMILES string of the molecule is Cc1ccc(C#N)c(Nc2cccc(C)n2)c1. The van der Waals surface area contributed by atoms with Gasteiger partial charge in [0, 0.05) is 5.69 Å². The molecule has 1 aromatic carbocycles. The summed E-state index contributed by atoms with van der Waals surface area (Å²) in [4.78, 5) is 4.35. The number of pyridine rings is 1. The average Bonchev–Trinajstić information content (AvgIpc) is 2.29. The lowest BCUT2D eigenvalue weighted by molar-refractivity contribution is 1.20. The van der Waals surface area contributed by atoms with Gasteiger partial charge < -0.3 is 5.32 Å². The molecule has 1 heterocycles. The van der Waals surface area contributed by atoms with Crippen molar-refractivity contribution in [2.75, 3.05) is 5.32 Å². The summed E-state index contributed by atoms with van der Waals surface area (Å²) in [6, 6.07) is 13.6. The first kappa shape index (κ1) is 11.2. The van der Waals surface area contributed by atoms with E-state index in [0.717, 1.165) is 22.8 Å². The molecular weight excluding hydrogens is 210 g/mol. The minimum atomic E-state index is 0.624. The zero-order chi connectivity index (χ0) is 12.3. The minimum absolute atomic E-state index is 0.624. The summed E-state index contributed by atoms with van der Waals surface area (Å²) in [5.74, 6) is 0.757. The molecule has 0 aliphatic rings. The molecule has 17 heavy (non-hydrogen) atoms. The van der Waals surface area contributed by atoms with Crippen LogP contribution in [0.1, 0.15) is 16.8 Å². The Morgan fingerprint density at radius 3 is 2.71 bits per heavy atom. The van der Waals surface area contributed by atoms with E-state index in [9.17, 15) is 0 Å². The van der Waals surface area contributed by atoms with Crippen LogP contribution in [-0.4, -0.2) is 4.98 Å². The molecule has 0 aliphatic heterocycles. The van der Waals surface area contributed by atoms with E-state index in [-0.39, 0.29) is 0 Å². The second-order valence-corrected chi connectivity index (χ2v) is 3.95. The average molecular weight is 223 g/mol. The summed E-state index contributed by atoms with van der Waals surface area (Å²) in [7, 11) is 0. The van der Waals surface area contributed by atoms with Crippen molar-refractivity contribution in [2.24, 2.45) is 0 Å². The lowest BCUT2D eigenvalue weighted by Gasteiger charge is -2.08. The normalized spacial score (nSPS) is 9.71. The molecule has 2 aromatic rings. The van der Waals surface area contributed by atoms with Crippen molar-refractivity contribution in [1.29, 1.82) is 5.26 Å². The number of aryl methyl sites for hydroxylation is 2. The molecule has 0 unspecified atom stereocenters. The maximum Gasteiger partial charge on any atom is 0.130 e. The molecule has 0 amide bonds. The molecule has 0 aliphatic carbocycles. The fourth-order valence-electron chi connectivity index (χ4n) is 1.61. The van der Waals surface area contributed by atoms with Crippen LogP contribution in [0.3, 0.4) is 0 Å². The van der Waals surface area contributed by atoms with Crippen LogP contribution in [0.25, 0.3) is 0 Å². The maximum atomic E-state index is 9.03. The predicted molar refractivity (Wildman–Crippen MR) is 68.2 cm³/mol. The molecule has 0 bridgehead atoms. The summed E-state index contributed by atoms with van der Waals surface area (Å²) in [6.07, 6.45) is 0. The molecule has 0 atom stereocenters. The second kappa shape index (κ2) is 4.67. The number of rotatable bonds is 2. The molecule has 0 saturated carbocycles. The van der Waals surface area contributed by atoms with E-state index >= 15 is 0 Å². The first-order valence-electron chi connectivity index (χ1n) is 5.40. The zero-order valence-corrected chi connectivity index (χ0v) is 9.86. The van der Waals surface area contributed by atoms with Gasteiger partial charge in [-0.05, 0) is 43.7 Å². The van der Waals surface area contributed by atoms with Gasteiger partial charge in [0.15, 0.2) is 0 Å². The van der Waals surface area contributed by atoms with Crippen LogP contribution in [0.4, 0.5) is 11.5 Å². The van der Waals surface area contributed by atoms with Crippen LogP contribution in [0.2, 0.25) is 0 Å². The van der Waals surface area contributed by atoms with Crippen molar-refractivity contribution in [3.8, 4) is 6.07 Å². The lowest BCUT2D eigenvalue weighted by atomic mass is 10.1. The number of benzene rings is 1. The van der Waals surface area contributed by atoms with Gasteiger partial charge in [-0.3, -0.25) is 0 Å². The number of aromatic nitrogens is 1. The van der Waals surface area contributed by atoms with Gasteiger partial charge in [0.05, 0.1) is 11.3 Å². The fraction of sp³-hybridized carbons (Fsp3) is 0.143. The van der Waals surface area contributed by atoms with Crippen molar-refractivity contribution in [3.05, 3.63) is 53.2 Å². The number of hydrogen-bond acceptors (Lipinski definition) is 3. The quantitative estimate of drug-likeness (QED) is 0.849. The zero-order valence-electron chi connectivity index (χ0n) is 9.86. The van der Waals surface area contributed by atoms with Gasteiger partial charge in [0.25, 0.3) is 0 Å². The molecule has 2 rings (SSSR count). The summed E-state index contributed by atoms with van der Waals surface area (Å²) in [6.45, 7) is 3.93. The number of anilines is 2. The third kappa shape index (κ3) is 2.61. The highest BCUT2D eigenvalue weighted by Crippen LogP contribution is 2.20. The van der Waals surface area contributed by atoms with Crippen molar-refractivity contribution in [3.63, 3.8) is 0 Å². The van der Waals surface area contributed by atoms with E-state index in [1.54, 1.807) is 0 Å². The molecule has 0 saturated heterocycles. The molecule has 3 heteroatoms. The molecule has 1 aromatic heterocycles. The Balaban J connectivity index is 2.36. The first-order valence-corrected chi connectivity index (χ1v) is 5.40. The Morgan fingerprint density at radius 2 is 2.00 bits per heavy atom. The van der Waals surface area contributed by atoms with Gasteiger partial charge in [0.1, 0.15) is 11.9 Å². The van der Waals surface area contributed by atoms with Crippen molar-refractivity contribution < 1.29 is 0 Å². The smallest absolute Gasteiger partial charge is 0.130 e. The molecule has 0 fully saturated rings. The van der Waals surface area contributed by atoms with E-state index in [4.69, 9.17) is 5.26 Å². The van der Waals surface area contributed by atoms with E-state index in [1.807, 2.05) is 50.2 Å². The number of nitrogens with one attached hydrogen (secondary N) is 1. The van der Waals surface area contributed by atoms with Gasteiger partial charge in [-0.25, -0.2) is 4.98 Å². The highest BCUT2D eigenvalue weighted by atomic mass is 15.0. The number of nitriles is 1. The number of nitrogens with zero attached hydrogens (tertiary/aromatic N) is 2. The third-order valence-corrected chi connectivity index (χ3v) is 2.45. The molecule has 0 spiro atoms. The Bertz CT molecular complexity index is 582. The maximum absolute atomic E-state index is 9.03. The largest absolute Gasteiger partial charge is 0.339 e. The summed E-state index contributed by atoms with van der Waals surface area (Å²) >= 11 is 0. The number of hydrogen-bond donors (Lipinski definition) is 1. The van der Waals surface area contributed by atoms with E-state index < -0.39 is 0 Å². The van der Waals surface area contributed by atoms with Gasteiger partial charge >= 0.3 is 0 Å². The summed E-state index contributed by atoms with van der Waals surface area (Å²) < 4.78 is 0. The van der Waals surface area contributed by atoms with Gasteiger partial charge in [0.2, 0.25) is 0 Å². The summed E-state index contributed by atoms with van der Waals surface area (Å²) in [5, 5.41) is 12.2. The van der Waals surface area contributed by atoms with E-state index in [0.29, 0.717) is 5.56 Å². The third-order valence-electron chi connectivity index (χ3n) is 2.45. The van der Waals surface area contributed by atoms with Crippen molar-refractivity contribution >= 4 is 11.5 Å². The van der Waals surface area contributed by atoms with Crippen LogP contribution in [0.15, 0.2) is 36.4 Å². The standard InChI is InChI=1S/C14H13N3/c1-10-6-7-12(9-15)13(8-10)17-14-5-3-4-11(2)16-14/h3-8H,1-2H3,(H,16,17). The van der Waals surface area contributed by atoms with Crippen LogP contribution in [0.5, 0.6) is 0 Å². The Morgan fingerprint density at radius 1 is 1.18 bits per heavy atom. The van der Waals surface area contributed by atoms with E-state index in [2.05, 4.69) is 16.4 Å². The second-order valence-electron chi connectivity index (χ2n) is 3.95. The lowest BCUT2D eigenvalue weighted by Crippen LogP contribution is -1.97. The Kier molecular flexibility index (Phi) is 3.06. The molecule has 84 valence electrons. The summed E-state index contributed by atoms with van der Waals surface area (Å²) in [5.41, 5.74) is 3.48. The van der Waals surface area contributed by atoms with Crippen LogP contribution >= 0.6 is 0 Å². The molecule has 0 radical (unpaired) electrons. The van der Waals surface area contributed by atoms with Crippen molar-refractivity contribution in [1.82, 2.24) is 4.98 Å². The first-order chi connectivity index (χ1) is 8.19. The predicted octanol–water partition coefficient (Wildman–Crippen LogP) is 3.31. The topological polar surface area (TPSA) is 48.7 Å². The highest BCUT2D eigenvalue weighted by Gasteiger charge is 2.03. The van der Waals surface area contributed by atoms with E-state index in [1.165, 1.54) is 0 Å². The van der Waals surface area contributed by atoms with Crippen molar-refractivity contribution in [2.45, 2.75) is 13.8 Å². The van der Waals surface area contributed by atoms with Crippen LogP contribution < -0.4 is 5.32 Å². The fourth-order valence-corrected chi connectivity index (χ4v) is 1.61. The molecule has 3 nitrogen and oxygen atoms in total. The Labute approximate surface area is 101 Å². The van der Waals surface area contributed by atoms with Crippen LogP contribution in [0, 0.1) is 25.2 Å². The highest BCUT2D eigenvalue weighted by molar-refractivity contribution is 5.65. The van der Waals surface area contributed by atoms with Gasteiger partial charge in [-0.15, -0.1) is 0 Å². The monoisotopic (exact) mass is 223 g/mol. The van der Waals surface area contributed by atoms with Gasteiger partial charge in [-0.1, -0.05) is 12.1 Å². The van der Waals surface area contributed by atoms with Gasteiger partial charge in [-0.2, -0.15) is 5.26 Å². The Hall–Kier alpha value is -2.34. The minimum Gasteiger partial charge on any atom is -0.339 e. The molecule has 1 N–H and O–H groups in total. The van der Waals surface area contributed by atoms with Crippen LogP contribution in [-0.2, 0) is 0 Å².